The average Bonchev–Trinajstić information content (AvgIpc) is 3.27. The lowest BCUT2D eigenvalue weighted by Gasteiger charge is -2.48. The van der Waals surface area contributed by atoms with Gasteiger partial charge in [-0.25, -0.2) is 0 Å². The normalized spacial score (nSPS) is 22.7. The number of rotatable bonds is 3. The van der Waals surface area contributed by atoms with Crippen LogP contribution in [-0.4, -0.2) is 0 Å². The summed E-state index contributed by atoms with van der Waals surface area (Å²) in [5, 5.41) is 0. The third-order valence-corrected chi connectivity index (χ3v) is 6.48. The first kappa shape index (κ1) is 14.1. The Morgan fingerprint density at radius 2 is 0.773 bits per heavy atom. The maximum Gasteiger partial charge on any atom is 0.00498 e. The monoisotopic (exact) mass is 290 g/mol. The maximum absolute atomic E-state index is 2.40. The summed E-state index contributed by atoms with van der Waals surface area (Å²) in [6.07, 6.45) is 11.0. The van der Waals surface area contributed by atoms with Gasteiger partial charge in [0.05, 0.1) is 0 Å². The number of benzene rings is 2. The Kier molecular flexibility index (Phi) is 3.56. The molecule has 0 spiro atoms. The topological polar surface area (TPSA) is 0 Å². The molecule has 0 saturated heterocycles. The second-order valence-corrected chi connectivity index (χ2v) is 7.31. The van der Waals surface area contributed by atoms with E-state index >= 15 is 0 Å². The summed E-state index contributed by atoms with van der Waals surface area (Å²) in [4.78, 5) is 0. The van der Waals surface area contributed by atoms with E-state index in [9.17, 15) is 0 Å². The molecule has 2 aliphatic carbocycles. The molecular weight excluding hydrogens is 264 g/mol. The first-order valence-electron chi connectivity index (χ1n) is 8.99. The minimum atomic E-state index is 0.367. The second kappa shape index (κ2) is 5.57. The molecule has 2 aromatic rings. The summed E-state index contributed by atoms with van der Waals surface area (Å²) in [5.41, 5.74) is 3.93. The van der Waals surface area contributed by atoms with Crippen molar-refractivity contribution in [3.63, 3.8) is 0 Å². The van der Waals surface area contributed by atoms with E-state index in [4.69, 9.17) is 0 Å². The van der Waals surface area contributed by atoms with Crippen LogP contribution in [0, 0.1) is 0 Å². The molecule has 22 heavy (non-hydrogen) atoms. The van der Waals surface area contributed by atoms with Gasteiger partial charge in [0, 0.05) is 10.8 Å². The molecule has 0 heterocycles. The van der Waals surface area contributed by atoms with Crippen molar-refractivity contribution in [2.45, 2.75) is 62.2 Å². The van der Waals surface area contributed by atoms with Gasteiger partial charge in [-0.1, -0.05) is 86.3 Å². The summed E-state index contributed by atoms with van der Waals surface area (Å²) < 4.78 is 0. The lowest BCUT2D eigenvalue weighted by Crippen LogP contribution is -2.45. The molecule has 0 bridgehead atoms. The van der Waals surface area contributed by atoms with Gasteiger partial charge in [0.1, 0.15) is 0 Å². The summed E-state index contributed by atoms with van der Waals surface area (Å²) >= 11 is 0. The summed E-state index contributed by atoms with van der Waals surface area (Å²) in [7, 11) is 0. The fourth-order valence-corrected chi connectivity index (χ4v) is 5.56. The van der Waals surface area contributed by atoms with E-state index < -0.39 is 0 Å². The molecule has 0 aromatic heterocycles. The first-order chi connectivity index (χ1) is 10.9. The Morgan fingerprint density at radius 1 is 0.455 bits per heavy atom. The fourth-order valence-electron chi connectivity index (χ4n) is 5.56. The van der Waals surface area contributed by atoms with Crippen molar-refractivity contribution < 1.29 is 0 Å². The second-order valence-electron chi connectivity index (χ2n) is 7.31. The van der Waals surface area contributed by atoms with Crippen molar-refractivity contribution in [1.29, 1.82) is 0 Å². The van der Waals surface area contributed by atoms with Crippen LogP contribution in [0.25, 0.3) is 0 Å². The maximum atomic E-state index is 2.40. The van der Waals surface area contributed by atoms with Crippen molar-refractivity contribution in [3.05, 3.63) is 71.8 Å². The molecular formula is C22H26. The van der Waals surface area contributed by atoms with Crippen molar-refractivity contribution in [2.75, 3.05) is 0 Å². The highest BCUT2D eigenvalue weighted by molar-refractivity contribution is 5.41. The lowest BCUT2D eigenvalue weighted by molar-refractivity contribution is 0.216. The van der Waals surface area contributed by atoms with Crippen LogP contribution in [0.5, 0.6) is 0 Å². The molecule has 2 aliphatic rings. The molecule has 2 aromatic carbocycles. The van der Waals surface area contributed by atoms with Gasteiger partial charge in [-0.3, -0.25) is 0 Å². The lowest BCUT2D eigenvalue weighted by atomic mass is 9.55. The quantitative estimate of drug-likeness (QED) is 0.649. The predicted molar refractivity (Wildman–Crippen MR) is 93.2 cm³/mol. The predicted octanol–water partition coefficient (Wildman–Crippen LogP) is 6.01. The minimum Gasteiger partial charge on any atom is -0.0622 e. The molecule has 4 rings (SSSR count). The Hall–Kier alpha value is -1.56. The van der Waals surface area contributed by atoms with Crippen LogP contribution in [0.4, 0.5) is 0 Å². The number of hydrogen-bond donors (Lipinski definition) is 0. The Morgan fingerprint density at radius 3 is 1.09 bits per heavy atom. The highest BCUT2D eigenvalue weighted by Gasteiger charge is 2.54. The van der Waals surface area contributed by atoms with E-state index in [0.29, 0.717) is 10.8 Å². The fraction of sp³-hybridized carbons (Fsp3) is 0.455. The van der Waals surface area contributed by atoms with E-state index in [2.05, 4.69) is 60.7 Å². The third-order valence-electron chi connectivity index (χ3n) is 6.48. The van der Waals surface area contributed by atoms with Gasteiger partial charge in [0.15, 0.2) is 0 Å². The van der Waals surface area contributed by atoms with E-state index in [1.807, 2.05) is 0 Å². The Labute approximate surface area is 134 Å². The Balaban J connectivity index is 1.90. The third kappa shape index (κ3) is 1.96. The molecule has 0 radical (unpaired) electrons. The van der Waals surface area contributed by atoms with Crippen LogP contribution < -0.4 is 0 Å². The molecule has 0 nitrogen and oxygen atoms in total. The van der Waals surface area contributed by atoms with E-state index in [1.54, 1.807) is 11.1 Å². The van der Waals surface area contributed by atoms with Crippen LogP contribution in [0.3, 0.4) is 0 Å². The molecule has 0 heteroatoms. The van der Waals surface area contributed by atoms with Crippen molar-refractivity contribution in [1.82, 2.24) is 0 Å². The van der Waals surface area contributed by atoms with Crippen LogP contribution in [0.1, 0.15) is 62.5 Å². The minimum absolute atomic E-state index is 0.367. The van der Waals surface area contributed by atoms with Gasteiger partial charge in [-0.15, -0.1) is 0 Å². The van der Waals surface area contributed by atoms with Crippen LogP contribution >= 0.6 is 0 Å². The molecule has 0 amide bonds. The summed E-state index contributed by atoms with van der Waals surface area (Å²) in [5.74, 6) is 0. The SMILES string of the molecule is c1ccc(C2(C3(c4ccccc4)CCCC3)CCCC2)cc1. The van der Waals surface area contributed by atoms with Gasteiger partial charge >= 0.3 is 0 Å². The van der Waals surface area contributed by atoms with Crippen molar-refractivity contribution in [2.24, 2.45) is 0 Å². The first-order valence-corrected chi connectivity index (χ1v) is 8.99. The molecule has 114 valence electrons. The highest BCUT2D eigenvalue weighted by atomic mass is 14.6. The van der Waals surface area contributed by atoms with Crippen LogP contribution in [0.15, 0.2) is 60.7 Å². The zero-order valence-corrected chi connectivity index (χ0v) is 13.4. The molecule has 2 fully saturated rings. The molecule has 2 saturated carbocycles. The van der Waals surface area contributed by atoms with E-state index in [1.165, 1.54) is 51.4 Å². The highest BCUT2D eigenvalue weighted by Crippen LogP contribution is 2.60. The zero-order valence-electron chi connectivity index (χ0n) is 13.4. The van der Waals surface area contributed by atoms with Gasteiger partial charge < -0.3 is 0 Å². The van der Waals surface area contributed by atoms with Crippen molar-refractivity contribution in [3.8, 4) is 0 Å². The zero-order chi connectivity index (χ0) is 14.9. The summed E-state index contributed by atoms with van der Waals surface area (Å²) in [6.45, 7) is 0. The summed E-state index contributed by atoms with van der Waals surface area (Å²) in [6, 6.07) is 22.9. The largest absolute Gasteiger partial charge is 0.0622 e. The molecule has 0 aliphatic heterocycles. The molecule has 0 atom stereocenters. The average molecular weight is 290 g/mol. The van der Waals surface area contributed by atoms with Gasteiger partial charge in [-0.05, 0) is 36.8 Å². The van der Waals surface area contributed by atoms with Crippen LogP contribution in [-0.2, 0) is 10.8 Å². The van der Waals surface area contributed by atoms with Gasteiger partial charge in [-0.2, -0.15) is 0 Å². The smallest absolute Gasteiger partial charge is 0.00498 e. The standard InChI is InChI=1S/C22H26/c1-3-11-19(12-4-1)21(15-7-8-16-21)22(17-9-10-18-22)20-13-5-2-6-14-20/h1-6,11-14H,7-10,15-18H2. The Bertz CT molecular complexity index is 542. The van der Waals surface area contributed by atoms with Crippen molar-refractivity contribution >= 4 is 0 Å². The molecule has 0 unspecified atom stereocenters. The van der Waals surface area contributed by atoms with E-state index in [0.717, 1.165) is 0 Å². The van der Waals surface area contributed by atoms with E-state index in [-0.39, 0.29) is 0 Å². The molecule has 0 N–H and O–H groups in total. The van der Waals surface area contributed by atoms with Crippen LogP contribution in [0.2, 0.25) is 0 Å². The number of hydrogen-bond acceptors (Lipinski definition) is 0. The van der Waals surface area contributed by atoms with Gasteiger partial charge in [0.25, 0.3) is 0 Å². The van der Waals surface area contributed by atoms with Gasteiger partial charge in [0.2, 0.25) is 0 Å².